The number of anilines is 2. The zero-order valence-electron chi connectivity index (χ0n) is 18.8. The maximum Gasteiger partial charge on any atom is 0.333 e. The molecular weight excluding hydrogens is 464 g/mol. The van der Waals surface area contributed by atoms with E-state index >= 15 is 0 Å². The minimum absolute atomic E-state index is 0.0899. The predicted molar refractivity (Wildman–Crippen MR) is 137 cm³/mol. The normalized spacial score (nSPS) is 14.6. The number of hydrogen-bond acceptors (Lipinski definition) is 3. The Balaban J connectivity index is 1.44. The van der Waals surface area contributed by atoms with E-state index in [2.05, 4.69) is 10.6 Å². The van der Waals surface area contributed by atoms with E-state index in [4.69, 9.17) is 11.6 Å². The first kappa shape index (κ1) is 22.4. The molecule has 0 atom stereocenters. The van der Waals surface area contributed by atoms with Gasteiger partial charge in [-0.3, -0.25) is 9.59 Å². The average Bonchev–Trinajstić information content (AvgIpc) is 3.30. The van der Waals surface area contributed by atoms with Crippen molar-refractivity contribution in [1.29, 1.82) is 0 Å². The van der Waals surface area contributed by atoms with Crippen molar-refractivity contribution in [2.75, 3.05) is 10.2 Å². The fraction of sp³-hybridized carbons (Fsp3) is 0.0741. The molecule has 3 aromatic carbocycles. The zero-order chi connectivity index (χ0) is 24.5. The molecule has 2 N–H and O–H groups in total. The lowest BCUT2D eigenvalue weighted by molar-refractivity contribution is -0.116. The first-order valence-electron chi connectivity index (χ1n) is 11.0. The Morgan fingerprint density at radius 3 is 2.63 bits per heavy atom. The topological polar surface area (TPSA) is 83.4 Å². The number of amides is 4. The van der Waals surface area contributed by atoms with Crippen LogP contribution in [0.15, 0.2) is 84.7 Å². The second-order valence-electron chi connectivity index (χ2n) is 8.26. The van der Waals surface area contributed by atoms with Gasteiger partial charge in [0.15, 0.2) is 0 Å². The third kappa shape index (κ3) is 4.54. The summed E-state index contributed by atoms with van der Waals surface area (Å²) in [6, 6.07) is 21.2. The number of para-hydroxylation sites is 1. The van der Waals surface area contributed by atoms with Gasteiger partial charge in [-0.15, -0.1) is 0 Å². The third-order valence-corrected chi connectivity index (χ3v) is 5.91. The van der Waals surface area contributed by atoms with Gasteiger partial charge in [0, 0.05) is 33.4 Å². The molecule has 2 heterocycles. The molecule has 0 radical (unpaired) electrons. The summed E-state index contributed by atoms with van der Waals surface area (Å²) in [5.74, 6) is -0.653. The molecule has 35 heavy (non-hydrogen) atoms. The van der Waals surface area contributed by atoms with Gasteiger partial charge in [-0.2, -0.15) is 0 Å². The molecule has 0 unspecified atom stereocenters. The Morgan fingerprint density at radius 1 is 1.03 bits per heavy atom. The number of fused-ring (bicyclic) bond motifs is 1. The van der Waals surface area contributed by atoms with Gasteiger partial charge in [0.25, 0.3) is 5.91 Å². The van der Waals surface area contributed by atoms with E-state index in [1.807, 2.05) is 60.0 Å². The highest BCUT2D eigenvalue weighted by Crippen LogP contribution is 2.28. The maximum atomic E-state index is 13.0. The second kappa shape index (κ2) is 9.12. The van der Waals surface area contributed by atoms with Crippen LogP contribution in [-0.2, 0) is 16.1 Å². The van der Waals surface area contributed by atoms with Gasteiger partial charge in [0.2, 0.25) is 5.91 Å². The number of aryl methyl sites for hydroxylation is 1. The molecule has 1 saturated heterocycles. The van der Waals surface area contributed by atoms with Crippen LogP contribution in [0.25, 0.3) is 17.0 Å². The number of carbonyl (C=O) groups excluding carboxylic acids is 3. The molecule has 1 aliphatic heterocycles. The van der Waals surface area contributed by atoms with Gasteiger partial charge in [-0.1, -0.05) is 48.0 Å². The number of nitrogens with zero attached hydrogens (tertiary/aromatic N) is 2. The van der Waals surface area contributed by atoms with Crippen molar-refractivity contribution in [2.45, 2.75) is 13.5 Å². The third-order valence-electron chi connectivity index (χ3n) is 5.68. The number of hydrogen-bond donors (Lipinski definition) is 2. The molecule has 7 nitrogen and oxygen atoms in total. The molecule has 1 aromatic heterocycles. The van der Waals surface area contributed by atoms with Crippen LogP contribution >= 0.6 is 11.6 Å². The SMILES string of the molecule is Cc1cccc(NC(=O)Cn2cc(C=C3NC(=O)N(c4cccc(Cl)c4)C3=O)c3ccccc32)c1. The highest BCUT2D eigenvalue weighted by atomic mass is 35.5. The summed E-state index contributed by atoms with van der Waals surface area (Å²) < 4.78 is 1.82. The van der Waals surface area contributed by atoms with Crippen molar-refractivity contribution in [3.8, 4) is 0 Å². The number of imide groups is 1. The molecule has 1 fully saturated rings. The van der Waals surface area contributed by atoms with Crippen LogP contribution < -0.4 is 15.5 Å². The summed E-state index contributed by atoms with van der Waals surface area (Å²) in [5.41, 5.74) is 3.86. The van der Waals surface area contributed by atoms with Crippen LogP contribution in [0.2, 0.25) is 5.02 Å². The first-order valence-corrected chi connectivity index (χ1v) is 11.3. The lowest BCUT2D eigenvalue weighted by Crippen LogP contribution is -2.30. The number of benzene rings is 3. The molecule has 174 valence electrons. The van der Waals surface area contributed by atoms with Gasteiger partial charge in [-0.25, -0.2) is 9.69 Å². The van der Waals surface area contributed by atoms with E-state index in [0.717, 1.165) is 27.1 Å². The number of carbonyl (C=O) groups is 3. The average molecular weight is 485 g/mol. The van der Waals surface area contributed by atoms with Crippen LogP contribution in [0.1, 0.15) is 11.1 Å². The van der Waals surface area contributed by atoms with E-state index in [0.29, 0.717) is 16.3 Å². The van der Waals surface area contributed by atoms with Gasteiger partial charge >= 0.3 is 6.03 Å². The number of rotatable bonds is 5. The van der Waals surface area contributed by atoms with Crippen molar-refractivity contribution < 1.29 is 14.4 Å². The molecular formula is C27H21ClN4O3. The van der Waals surface area contributed by atoms with Crippen molar-refractivity contribution in [1.82, 2.24) is 9.88 Å². The molecule has 4 amide bonds. The van der Waals surface area contributed by atoms with Crippen molar-refractivity contribution in [2.24, 2.45) is 0 Å². The summed E-state index contributed by atoms with van der Waals surface area (Å²) in [6.07, 6.45) is 3.43. The number of halogens is 1. The van der Waals surface area contributed by atoms with Crippen LogP contribution in [0.4, 0.5) is 16.2 Å². The van der Waals surface area contributed by atoms with Crippen molar-refractivity contribution in [3.05, 3.63) is 101 Å². The Morgan fingerprint density at radius 2 is 1.83 bits per heavy atom. The fourth-order valence-electron chi connectivity index (χ4n) is 4.14. The van der Waals surface area contributed by atoms with E-state index in [1.54, 1.807) is 36.5 Å². The highest BCUT2D eigenvalue weighted by Gasteiger charge is 2.35. The van der Waals surface area contributed by atoms with Gasteiger partial charge in [0.1, 0.15) is 12.2 Å². The molecule has 4 aromatic rings. The van der Waals surface area contributed by atoms with E-state index in [-0.39, 0.29) is 18.1 Å². The standard InChI is InChI=1S/C27H21ClN4O3/c1-17-6-4-8-20(12-17)29-25(33)16-31-15-18(22-10-2-3-11-24(22)31)13-23-26(34)32(27(35)30-23)21-9-5-7-19(28)14-21/h2-15H,16H2,1H3,(H,29,33)(H,30,35). The predicted octanol–water partition coefficient (Wildman–Crippen LogP) is 5.34. The largest absolute Gasteiger partial charge is 0.337 e. The quantitative estimate of drug-likeness (QED) is 0.296. The fourth-order valence-corrected chi connectivity index (χ4v) is 4.32. The first-order chi connectivity index (χ1) is 16.9. The van der Waals surface area contributed by atoms with E-state index < -0.39 is 11.9 Å². The summed E-state index contributed by atoms with van der Waals surface area (Å²) in [5, 5.41) is 6.83. The minimum Gasteiger partial charge on any atom is -0.337 e. The molecule has 0 spiro atoms. The Bertz CT molecular complexity index is 1520. The van der Waals surface area contributed by atoms with Crippen LogP contribution in [0, 0.1) is 6.92 Å². The smallest absolute Gasteiger partial charge is 0.333 e. The lowest BCUT2D eigenvalue weighted by atomic mass is 10.1. The van der Waals surface area contributed by atoms with Gasteiger partial charge in [0.05, 0.1) is 5.69 Å². The Hall–Kier alpha value is -4.36. The molecule has 5 rings (SSSR count). The highest BCUT2D eigenvalue weighted by molar-refractivity contribution is 6.32. The van der Waals surface area contributed by atoms with Crippen LogP contribution in [-0.4, -0.2) is 22.4 Å². The zero-order valence-corrected chi connectivity index (χ0v) is 19.5. The number of nitrogens with one attached hydrogen (secondary N) is 2. The van der Waals surface area contributed by atoms with Crippen molar-refractivity contribution in [3.63, 3.8) is 0 Å². The van der Waals surface area contributed by atoms with Crippen LogP contribution in [0.5, 0.6) is 0 Å². The summed E-state index contributed by atoms with van der Waals surface area (Å²) in [6.45, 7) is 2.05. The molecule has 8 heteroatoms. The lowest BCUT2D eigenvalue weighted by Gasteiger charge is -2.11. The minimum atomic E-state index is -0.551. The summed E-state index contributed by atoms with van der Waals surface area (Å²) >= 11 is 6.03. The van der Waals surface area contributed by atoms with Gasteiger partial charge < -0.3 is 15.2 Å². The van der Waals surface area contributed by atoms with Crippen molar-refractivity contribution >= 4 is 57.8 Å². The summed E-state index contributed by atoms with van der Waals surface area (Å²) in [4.78, 5) is 39.4. The Labute approximate surface area is 206 Å². The summed E-state index contributed by atoms with van der Waals surface area (Å²) in [7, 11) is 0. The van der Waals surface area contributed by atoms with E-state index in [9.17, 15) is 14.4 Å². The molecule has 1 aliphatic rings. The monoisotopic (exact) mass is 484 g/mol. The van der Waals surface area contributed by atoms with Crippen LogP contribution in [0.3, 0.4) is 0 Å². The molecule has 0 aliphatic carbocycles. The molecule has 0 bridgehead atoms. The maximum absolute atomic E-state index is 13.0. The Kier molecular flexibility index (Phi) is 5.84. The van der Waals surface area contributed by atoms with Gasteiger partial charge in [-0.05, 0) is 55.0 Å². The van der Waals surface area contributed by atoms with E-state index in [1.165, 1.54) is 0 Å². The number of aromatic nitrogens is 1. The second-order valence-corrected chi connectivity index (χ2v) is 8.69. The number of urea groups is 1. The molecule has 0 saturated carbocycles.